The van der Waals surface area contributed by atoms with E-state index in [1.165, 1.54) is 9.80 Å². The average molecular weight is 1240 g/mol. The molecule has 0 aromatic heterocycles. The Morgan fingerprint density at radius 2 is 0.739 bits per heavy atom. The molecule has 2 saturated heterocycles. The van der Waals surface area contributed by atoms with Crippen molar-refractivity contribution in [3.05, 3.63) is 178 Å². The number of aryl methyl sites for hydroxylation is 2. The average Bonchev–Trinajstić information content (AvgIpc) is 1.19. The maximum absolute atomic E-state index is 15.0. The summed E-state index contributed by atoms with van der Waals surface area (Å²) >= 11 is 0. The van der Waals surface area contributed by atoms with Gasteiger partial charge in [-0.3, -0.25) is 0 Å². The molecular weight excluding hydrogens is 1160 g/mol. The van der Waals surface area contributed by atoms with Crippen molar-refractivity contribution in [1.29, 1.82) is 0 Å². The second kappa shape index (κ2) is 28.4. The van der Waals surface area contributed by atoms with Gasteiger partial charge in [-0.2, -0.15) is 52.7 Å². The van der Waals surface area contributed by atoms with Gasteiger partial charge in [0.15, 0.2) is 0 Å². The van der Waals surface area contributed by atoms with Crippen molar-refractivity contribution in [2.45, 2.75) is 153 Å². The molecule has 6 nitrogen and oxygen atoms in total. The lowest BCUT2D eigenvalue weighted by Gasteiger charge is -2.40. The summed E-state index contributed by atoms with van der Waals surface area (Å²) in [6.07, 6.45) is -5.99. The van der Waals surface area contributed by atoms with Crippen LogP contribution in [0, 0.1) is 10.8 Å². The van der Waals surface area contributed by atoms with Crippen LogP contribution in [0.4, 0.5) is 86.8 Å². The first-order valence-electron chi connectivity index (χ1n) is 30.8. The summed E-state index contributed by atoms with van der Waals surface area (Å²) in [6, 6.07) is 31.0. The van der Waals surface area contributed by atoms with Gasteiger partial charge in [-0.15, -0.1) is 0 Å². The van der Waals surface area contributed by atoms with E-state index in [4.69, 9.17) is 18.9 Å². The van der Waals surface area contributed by atoms with E-state index in [0.717, 1.165) is 144 Å². The van der Waals surface area contributed by atoms with E-state index in [9.17, 15) is 26.3 Å². The van der Waals surface area contributed by atoms with Crippen LogP contribution in [0.1, 0.15) is 155 Å². The summed E-state index contributed by atoms with van der Waals surface area (Å²) in [4.78, 5) is 2.61. The van der Waals surface area contributed by atoms with E-state index in [1.54, 1.807) is 72.8 Å². The summed E-state index contributed by atoms with van der Waals surface area (Å²) < 4.78 is 197. The van der Waals surface area contributed by atoms with Gasteiger partial charge in [-0.05, 0) is 171 Å². The molecule has 476 valence electrons. The summed E-state index contributed by atoms with van der Waals surface area (Å²) in [7, 11) is 0. The second-order valence-electron chi connectivity index (χ2n) is 24.3. The number of halogens is 12. The van der Waals surface area contributed by atoms with Crippen molar-refractivity contribution in [2.24, 2.45) is 10.8 Å². The van der Waals surface area contributed by atoms with Crippen LogP contribution in [-0.4, -0.2) is 52.9 Å². The molecule has 88 heavy (non-hydrogen) atoms. The van der Waals surface area contributed by atoms with Gasteiger partial charge in [0, 0.05) is 52.2 Å². The Morgan fingerprint density at radius 1 is 0.398 bits per heavy atom. The zero-order valence-corrected chi connectivity index (χ0v) is 49.9. The standard InChI is InChI=1S/C70H78F12N2O4/c1-3-64(46-87-47-64)44-85-40-14-7-5-10-16-50-18-28-56(29-19-50)83(62-36-26-54(67(71,72)73)42-60(62)69(77,78)79)58-32-22-52(23-33-58)66(38-12-9-13-39-66)53-24-34-59(35-25-53)84(63-37-27-55(68(74,75)76)43-61(63)70(80,81)82)57-30-20-51(21-31-57)17-11-6-8-15-41-86-45-65(4-2)48-88-49-65/h18-37,42-43H,3-17,38-41,44-49H2,1-2H3. The van der Waals surface area contributed by atoms with Gasteiger partial charge < -0.3 is 28.7 Å². The molecule has 2 aliphatic heterocycles. The third kappa shape index (κ3) is 16.1. The Labute approximate surface area is 508 Å². The van der Waals surface area contributed by atoms with Crippen molar-refractivity contribution >= 4 is 34.1 Å². The lowest BCUT2D eigenvalue weighted by atomic mass is 9.65. The Bertz CT molecular complexity index is 2950. The first-order chi connectivity index (χ1) is 42.0. The van der Waals surface area contributed by atoms with Crippen LogP contribution in [0.15, 0.2) is 133 Å². The minimum Gasteiger partial charge on any atom is -0.381 e. The zero-order chi connectivity index (χ0) is 62.8. The third-order valence-electron chi connectivity index (χ3n) is 18.2. The molecular formula is C70H78F12N2O4. The number of ether oxygens (including phenoxy) is 4. The number of rotatable bonds is 28. The number of unbranched alkanes of at least 4 members (excludes halogenated alkanes) is 6. The molecule has 0 amide bonds. The molecule has 2 heterocycles. The van der Waals surface area contributed by atoms with Crippen LogP contribution in [0.5, 0.6) is 0 Å². The molecule has 6 aromatic rings. The van der Waals surface area contributed by atoms with Gasteiger partial charge >= 0.3 is 24.7 Å². The molecule has 18 heteroatoms. The van der Waals surface area contributed by atoms with Crippen LogP contribution < -0.4 is 9.80 Å². The highest BCUT2D eigenvalue weighted by atomic mass is 19.4. The monoisotopic (exact) mass is 1240 g/mol. The van der Waals surface area contributed by atoms with Crippen LogP contribution in [0.3, 0.4) is 0 Å². The van der Waals surface area contributed by atoms with E-state index in [2.05, 4.69) is 13.8 Å². The molecule has 1 saturated carbocycles. The van der Waals surface area contributed by atoms with Gasteiger partial charge in [0.2, 0.25) is 0 Å². The molecule has 0 atom stereocenters. The van der Waals surface area contributed by atoms with Crippen LogP contribution in [0.25, 0.3) is 0 Å². The molecule has 0 N–H and O–H groups in total. The van der Waals surface area contributed by atoms with Crippen molar-refractivity contribution in [1.82, 2.24) is 0 Å². The van der Waals surface area contributed by atoms with E-state index < -0.39 is 63.7 Å². The Hall–Kier alpha value is -6.08. The van der Waals surface area contributed by atoms with E-state index in [1.807, 2.05) is 24.3 Å². The first kappa shape index (κ1) is 66.3. The highest BCUT2D eigenvalue weighted by Crippen LogP contribution is 2.51. The van der Waals surface area contributed by atoms with Crippen molar-refractivity contribution < 1.29 is 71.6 Å². The number of benzene rings is 6. The number of hydrogen-bond acceptors (Lipinski definition) is 6. The number of nitrogens with zero attached hydrogens (tertiary/aromatic N) is 2. The number of anilines is 6. The first-order valence-corrected chi connectivity index (χ1v) is 30.8. The molecule has 0 radical (unpaired) electrons. The fraction of sp³-hybridized carbons (Fsp3) is 0.486. The number of alkyl halides is 12. The molecule has 9 rings (SSSR count). The smallest absolute Gasteiger partial charge is 0.381 e. The SMILES string of the molecule is CCC1(COCCCCCCc2ccc(N(c3ccc(C4(c5ccc(N(c6ccc(CCCCCCOCC7(CC)COC7)cc6)c6ccc(C(F)(F)F)cc6C(F)(F)F)cc5)CCCCC4)cc3)c3ccc(C(F)(F)F)cc3C(F)(F)F)cc2)COC1. The van der Waals surface area contributed by atoms with Crippen molar-refractivity contribution in [3.8, 4) is 0 Å². The van der Waals surface area contributed by atoms with Gasteiger partial charge in [0.05, 0.1) is 73.3 Å². The molecule has 3 fully saturated rings. The quantitative estimate of drug-likeness (QED) is 0.0360. The molecule has 0 unspecified atom stereocenters. The minimum atomic E-state index is -5.18. The Kier molecular flexibility index (Phi) is 21.4. The van der Waals surface area contributed by atoms with E-state index in [-0.39, 0.29) is 45.7 Å². The van der Waals surface area contributed by atoms with Crippen LogP contribution in [-0.2, 0) is 61.9 Å². The van der Waals surface area contributed by atoms with Gasteiger partial charge in [-0.25, -0.2) is 0 Å². The summed E-state index contributed by atoms with van der Waals surface area (Å²) in [5, 5.41) is 0. The molecule has 0 spiro atoms. The molecule has 0 bridgehead atoms. The number of hydrogen-bond donors (Lipinski definition) is 0. The van der Waals surface area contributed by atoms with Gasteiger partial charge in [0.1, 0.15) is 0 Å². The highest BCUT2D eigenvalue weighted by molar-refractivity contribution is 5.81. The topological polar surface area (TPSA) is 43.4 Å². The summed E-state index contributed by atoms with van der Waals surface area (Å²) in [5.74, 6) is 0. The zero-order valence-electron chi connectivity index (χ0n) is 49.9. The van der Waals surface area contributed by atoms with E-state index in [0.29, 0.717) is 64.2 Å². The summed E-state index contributed by atoms with van der Waals surface area (Å²) in [6.45, 7) is 9.83. The Morgan fingerprint density at radius 3 is 1.05 bits per heavy atom. The van der Waals surface area contributed by atoms with Gasteiger partial charge in [-0.1, -0.05) is 107 Å². The Balaban J connectivity index is 0.970. The fourth-order valence-corrected chi connectivity index (χ4v) is 12.4. The summed E-state index contributed by atoms with van der Waals surface area (Å²) in [5.41, 5.74) is -2.75. The maximum Gasteiger partial charge on any atom is 0.418 e. The third-order valence-corrected chi connectivity index (χ3v) is 18.2. The molecule has 1 aliphatic carbocycles. The maximum atomic E-state index is 15.0. The van der Waals surface area contributed by atoms with Crippen LogP contribution in [0.2, 0.25) is 0 Å². The minimum absolute atomic E-state index is 0.121. The van der Waals surface area contributed by atoms with Crippen LogP contribution >= 0.6 is 0 Å². The predicted octanol–water partition coefficient (Wildman–Crippen LogP) is 21.0. The van der Waals surface area contributed by atoms with Gasteiger partial charge in [0.25, 0.3) is 0 Å². The highest BCUT2D eigenvalue weighted by Gasteiger charge is 2.43. The fourth-order valence-electron chi connectivity index (χ4n) is 12.4. The lowest BCUT2D eigenvalue weighted by molar-refractivity contribution is -0.150. The predicted molar refractivity (Wildman–Crippen MR) is 319 cm³/mol. The second-order valence-corrected chi connectivity index (χ2v) is 24.3. The lowest BCUT2D eigenvalue weighted by Crippen LogP contribution is -2.45. The molecule has 3 aliphatic rings. The largest absolute Gasteiger partial charge is 0.418 e. The van der Waals surface area contributed by atoms with E-state index >= 15 is 26.3 Å². The van der Waals surface area contributed by atoms with Crippen molar-refractivity contribution in [3.63, 3.8) is 0 Å². The normalized spacial score (nSPS) is 16.7. The van der Waals surface area contributed by atoms with Crippen molar-refractivity contribution in [2.75, 3.05) is 62.7 Å². The molecule has 6 aromatic carbocycles.